The van der Waals surface area contributed by atoms with E-state index in [0.717, 1.165) is 18.7 Å². The molecule has 0 radical (unpaired) electrons. The van der Waals surface area contributed by atoms with Gasteiger partial charge >= 0.3 is 0 Å². The topological polar surface area (TPSA) is 59.6 Å². The zero-order valence-corrected chi connectivity index (χ0v) is 6.16. The highest BCUT2D eigenvalue weighted by Gasteiger charge is 2.27. The van der Waals surface area contributed by atoms with Crippen molar-refractivity contribution in [3.8, 4) is 0 Å². The van der Waals surface area contributed by atoms with Crippen LogP contribution in [0.2, 0.25) is 0 Å². The first-order chi connectivity index (χ1) is 5.36. The van der Waals surface area contributed by atoms with Crippen molar-refractivity contribution in [2.75, 3.05) is 6.54 Å². The molecule has 0 bridgehead atoms. The van der Waals surface area contributed by atoms with Crippen molar-refractivity contribution in [1.82, 2.24) is 5.32 Å². The van der Waals surface area contributed by atoms with E-state index < -0.39 is 0 Å². The SMILES string of the molecule is NC1NC2CCN=CC=C2O1. The predicted molar refractivity (Wildman–Crippen MR) is 42.0 cm³/mol. The average Bonchev–Trinajstić information content (AvgIpc) is 2.17. The molecular formula is C7H11N3O. The molecule has 0 aromatic carbocycles. The van der Waals surface area contributed by atoms with Crippen molar-refractivity contribution in [3.63, 3.8) is 0 Å². The molecule has 2 rings (SSSR count). The molecule has 0 aromatic heterocycles. The lowest BCUT2D eigenvalue weighted by atomic mass is 10.2. The number of allylic oxidation sites excluding steroid dienone is 1. The van der Waals surface area contributed by atoms with E-state index >= 15 is 0 Å². The van der Waals surface area contributed by atoms with E-state index in [1.807, 2.05) is 6.08 Å². The summed E-state index contributed by atoms with van der Waals surface area (Å²) in [6.07, 6.45) is 4.28. The van der Waals surface area contributed by atoms with E-state index in [1.165, 1.54) is 0 Å². The fourth-order valence-electron chi connectivity index (χ4n) is 1.33. The van der Waals surface area contributed by atoms with Crippen molar-refractivity contribution in [2.45, 2.75) is 18.8 Å². The third-order valence-electron chi connectivity index (χ3n) is 1.86. The molecule has 0 spiro atoms. The Morgan fingerprint density at radius 1 is 1.73 bits per heavy atom. The van der Waals surface area contributed by atoms with Crippen molar-refractivity contribution in [2.24, 2.45) is 10.7 Å². The lowest BCUT2D eigenvalue weighted by molar-refractivity contribution is 0.153. The summed E-state index contributed by atoms with van der Waals surface area (Å²) in [5, 5.41) is 3.10. The molecule has 1 fully saturated rings. The molecule has 3 N–H and O–H groups in total. The van der Waals surface area contributed by atoms with Crippen LogP contribution in [0.5, 0.6) is 0 Å². The first-order valence-corrected chi connectivity index (χ1v) is 3.74. The predicted octanol–water partition coefficient (Wildman–Crippen LogP) is -0.424. The Labute approximate surface area is 65.1 Å². The Morgan fingerprint density at radius 3 is 3.55 bits per heavy atom. The normalized spacial score (nSPS) is 35.5. The lowest BCUT2D eigenvalue weighted by Gasteiger charge is -2.04. The molecule has 11 heavy (non-hydrogen) atoms. The van der Waals surface area contributed by atoms with Gasteiger partial charge in [-0.1, -0.05) is 0 Å². The van der Waals surface area contributed by atoms with Crippen LogP contribution in [0.15, 0.2) is 16.8 Å². The largest absolute Gasteiger partial charge is 0.465 e. The van der Waals surface area contributed by atoms with Gasteiger partial charge in [0, 0.05) is 12.8 Å². The number of hydrogen-bond acceptors (Lipinski definition) is 4. The molecule has 4 nitrogen and oxygen atoms in total. The van der Waals surface area contributed by atoms with Gasteiger partial charge in [-0.3, -0.25) is 16.0 Å². The average molecular weight is 153 g/mol. The van der Waals surface area contributed by atoms with Crippen molar-refractivity contribution < 1.29 is 4.74 Å². The number of hydrogen-bond donors (Lipinski definition) is 2. The number of nitrogens with zero attached hydrogens (tertiary/aromatic N) is 1. The zero-order chi connectivity index (χ0) is 7.68. The molecule has 2 unspecified atom stereocenters. The number of aliphatic imine (C=N–C) groups is 1. The van der Waals surface area contributed by atoms with Crippen molar-refractivity contribution >= 4 is 6.21 Å². The third kappa shape index (κ3) is 1.27. The molecular weight excluding hydrogens is 142 g/mol. The van der Waals surface area contributed by atoms with Gasteiger partial charge in [0.25, 0.3) is 0 Å². The monoisotopic (exact) mass is 153 g/mol. The molecule has 0 aliphatic carbocycles. The van der Waals surface area contributed by atoms with E-state index in [-0.39, 0.29) is 12.4 Å². The van der Waals surface area contributed by atoms with Gasteiger partial charge in [-0.15, -0.1) is 0 Å². The molecule has 2 heterocycles. The summed E-state index contributed by atoms with van der Waals surface area (Å²) < 4.78 is 5.28. The number of nitrogens with one attached hydrogen (secondary N) is 1. The second kappa shape index (κ2) is 2.64. The van der Waals surface area contributed by atoms with Crippen LogP contribution in [-0.4, -0.2) is 25.2 Å². The van der Waals surface area contributed by atoms with Gasteiger partial charge in [-0.05, 0) is 12.5 Å². The van der Waals surface area contributed by atoms with Gasteiger partial charge in [0.15, 0.2) is 0 Å². The van der Waals surface area contributed by atoms with Crippen LogP contribution in [0.3, 0.4) is 0 Å². The second-order valence-electron chi connectivity index (χ2n) is 2.67. The number of ether oxygens (including phenoxy) is 1. The molecule has 2 aliphatic heterocycles. The Hall–Kier alpha value is -0.870. The maximum absolute atomic E-state index is 5.53. The fourth-order valence-corrected chi connectivity index (χ4v) is 1.33. The summed E-state index contributed by atoms with van der Waals surface area (Å²) in [7, 11) is 0. The highest BCUT2D eigenvalue weighted by atomic mass is 16.5. The number of fused-ring (bicyclic) bond motifs is 1. The van der Waals surface area contributed by atoms with Gasteiger partial charge in [-0.2, -0.15) is 0 Å². The quantitative estimate of drug-likeness (QED) is 0.496. The Balaban J connectivity index is 2.16. The Bertz CT molecular complexity index is 212. The van der Waals surface area contributed by atoms with Gasteiger partial charge in [0.1, 0.15) is 5.76 Å². The maximum Gasteiger partial charge on any atom is 0.204 e. The summed E-state index contributed by atoms with van der Waals surface area (Å²) in [6.45, 7) is 0.841. The standard InChI is InChI=1S/C7H11N3O/c8-7-10-5-1-3-9-4-2-6(5)11-7/h2,4-5,7,10H,1,3,8H2. The third-order valence-corrected chi connectivity index (χ3v) is 1.86. The molecule has 4 heteroatoms. The molecule has 0 saturated carbocycles. The summed E-state index contributed by atoms with van der Waals surface area (Å²) in [5.74, 6) is 0.916. The molecule has 0 amide bonds. The van der Waals surface area contributed by atoms with E-state index in [0.29, 0.717) is 0 Å². The molecule has 60 valence electrons. The van der Waals surface area contributed by atoms with Crippen molar-refractivity contribution in [1.29, 1.82) is 0 Å². The highest BCUT2D eigenvalue weighted by Crippen LogP contribution is 2.17. The van der Waals surface area contributed by atoms with E-state index in [9.17, 15) is 0 Å². The molecule has 2 aliphatic rings. The minimum atomic E-state index is -0.335. The number of rotatable bonds is 0. The van der Waals surface area contributed by atoms with Gasteiger partial charge < -0.3 is 4.74 Å². The molecule has 0 aromatic rings. The second-order valence-corrected chi connectivity index (χ2v) is 2.67. The van der Waals surface area contributed by atoms with Crippen LogP contribution in [-0.2, 0) is 4.74 Å². The summed E-state index contributed by atoms with van der Waals surface area (Å²) in [6, 6.07) is 0.271. The molecule has 1 saturated heterocycles. The number of nitrogens with two attached hydrogens (primary N) is 1. The zero-order valence-electron chi connectivity index (χ0n) is 6.16. The first-order valence-electron chi connectivity index (χ1n) is 3.74. The molecule has 2 atom stereocenters. The van der Waals surface area contributed by atoms with E-state index in [2.05, 4.69) is 10.3 Å². The van der Waals surface area contributed by atoms with Crippen molar-refractivity contribution in [3.05, 3.63) is 11.8 Å². The van der Waals surface area contributed by atoms with Crippen LogP contribution in [0.25, 0.3) is 0 Å². The van der Waals surface area contributed by atoms with Crippen LogP contribution in [0, 0.1) is 0 Å². The van der Waals surface area contributed by atoms with Gasteiger partial charge in [0.2, 0.25) is 6.35 Å². The Morgan fingerprint density at radius 2 is 2.64 bits per heavy atom. The van der Waals surface area contributed by atoms with Gasteiger partial charge in [0.05, 0.1) is 6.04 Å². The fraction of sp³-hybridized carbons (Fsp3) is 0.571. The summed E-state index contributed by atoms with van der Waals surface area (Å²) in [4.78, 5) is 4.12. The van der Waals surface area contributed by atoms with Crippen LogP contribution >= 0.6 is 0 Å². The van der Waals surface area contributed by atoms with Crippen LogP contribution in [0.4, 0.5) is 0 Å². The highest BCUT2D eigenvalue weighted by molar-refractivity contribution is 5.72. The lowest BCUT2D eigenvalue weighted by Crippen LogP contribution is -2.36. The first kappa shape index (κ1) is 6.82. The maximum atomic E-state index is 5.53. The van der Waals surface area contributed by atoms with Crippen LogP contribution < -0.4 is 11.1 Å². The minimum absolute atomic E-state index is 0.271. The minimum Gasteiger partial charge on any atom is -0.465 e. The Kier molecular flexibility index (Phi) is 1.63. The van der Waals surface area contributed by atoms with E-state index in [4.69, 9.17) is 10.5 Å². The summed E-state index contributed by atoms with van der Waals surface area (Å²) in [5.41, 5.74) is 5.53. The summed E-state index contributed by atoms with van der Waals surface area (Å²) >= 11 is 0. The van der Waals surface area contributed by atoms with E-state index in [1.54, 1.807) is 6.21 Å². The smallest absolute Gasteiger partial charge is 0.204 e. The van der Waals surface area contributed by atoms with Gasteiger partial charge in [-0.25, -0.2) is 0 Å². The van der Waals surface area contributed by atoms with Crippen LogP contribution in [0.1, 0.15) is 6.42 Å².